The van der Waals surface area contributed by atoms with Crippen molar-refractivity contribution in [1.29, 1.82) is 0 Å². The third kappa shape index (κ3) is 0.126. The fourth-order valence-corrected chi connectivity index (χ4v) is 93.1. The third-order valence-electron chi connectivity index (χ3n) is 16.9. The van der Waals surface area contributed by atoms with Crippen LogP contribution in [0.25, 0.3) is 0 Å². The van der Waals surface area contributed by atoms with Crippen molar-refractivity contribution >= 4 is 0 Å². The molecule has 10 aliphatic rings. The van der Waals surface area contributed by atoms with Crippen LogP contribution in [-0.4, -0.2) is 23.5 Å². The van der Waals surface area contributed by atoms with Crippen LogP contribution in [0.2, 0.25) is 47.7 Å². The van der Waals surface area contributed by atoms with Crippen molar-refractivity contribution in [2.24, 2.45) is 0 Å². The fraction of sp³-hybridized carbons (Fsp3) is 0.895. The average Bonchev–Trinajstić information content (AvgIpc) is 3.36. The molecule has 0 N–H and O–H groups in total. The molecule has 2 heteroatoms. The summed E-state index contributed by atoms with van der Waals surface area (Å²) in [5.41, 5.74) is 1.80. The van der Waals surface area contributed by atoms with Gasteiger partial charge >= 0.3 is 118 Å². The van der Waals surface area contributed by atoms with Crippen molar-refractivity contribution < 1.29 is 6.51 Å². The second-order valence-electron chi connectivity index (χ2n) is 13.1. The van der Waals surface area contributed by atoms with Crippen LogP contribution in [0.4, 0.5) is 0 Å². The van der Waals surface area contributed by atoms with E-state index < -0.39 is 6.51 Å². The van der Waals surface area contributed by atoms with Crippen LogP contribution in [0.15, 0.2) is 12.2 Å². The van der Waals surface area contributed by atoms with Gasteiger partial charge < -0.3 is 0 Å². The number of rotatable bonds is 5. The van der Waals surface area contributed by atoms with Crippen LogP contribution in [0.1, 0.15) is 27.7 Å². The standard InChI is InChI=1S/C14H22N.C5H5.Fe/c1-11(2)15(12(3)4)10-13(5)14-8-6-7-9-14;1-2-4-5-3-1;/h6-9,11-12H,5,10H2,1-4H3;1-5H;. The van der Waals surface area contributed by atoms with E-state index in [2.05, 4.69) is 32.6 Å². The zero-order chi connectivity index (χ0) is 14.0. The van der Waals surface area contributed by atoms with Gasteiger partial charge in [0.2, 0.25) is 0 Å². The summed E-state index contributed by atoms with van der Waals surface area (Å²) in [6.45, 7) is 12.7. The Bertz CT molecular complexity index is 992. The van der Waals surface area contributed by atoms with Crippen molar-refractivity contribution in [2.45, 2.75) is 87.4 Å². The Kier molecular flexibility index (Phi) is 0.406. The summed E-state index contributed by atoms with van der Waals surface area (Å²) >= 11 is 0. The molecule has 1 spiro atoms. The molecule has 0 aromatic rings. The van der Waals surface area contributed by atoms with E-state index >= 15 is 0 Å². The van der Waals surface area contributed by atoms with Crippen molar-refractivity contribution in [1.82, 2.24) is 4.90 Å². The molecule has 10 heterocycles. The van der Waals surface area contributed by atoms with E-state index in [4.69, 9.17) is 6.58 Å². The van der Waals surface area contributed by atoms with Crippen LogP contribution >= 0.6 is 0 Å². The van der Waals surface area contributed by atoms with Gasteiger partial charge in [0, 0.05) is 0 Å². The average molecular weight is 325 g/mol. The molecule has 0 aliphatic carbocycles. The molecule has 0 amide bonds. The Labute approximate surface area is 117 Å². The molecule has 21 heavy (non-hydrogen) atoms. The molecule has 0 aromatic heterocycles. The van der Waals surface area contributed by atoms with Crippen LogP contribution in [0.3, 0.4) is 0 Å². The first-order valence-electron chi connectivity index (χ1n) is 9.36. The number of hydrogen-bond donors (Lipinski definition) is 0. The van der Waals surface area contributed by atoms with Gasteiger partial charge in [-0.15, -0.1) is 0 Å². The Morgan fingerprint density at radius 2 is 1.33 bits per heavy atom. The Morgan fingerprint density at radius 1 is 0.905 bits per heavy atom. The molecular formula is C19H27FeN. The van der Waals surface area contributed by atoms with E-state index in [1.165, 1.54) is 49.9 Å². The summed E-state index contributed by atoms with van der Waals surface area (Å²) in [7, 11) is 0. The quantitative estimate of drug-likeness (QED) is 0.482. The van der Waals surface area contributed by atoms with Gasteiger partial charge in [-0.1, -0.05) is 0 Å². The topological polar surface area (TPSA) is 3.24 Å². The molecule has 4 atom stereocenters. The third-order valence-corrected chi connectivity index (χ3v) is 59.4. The van der Waals surface area contributed by atoms with Crippen LogP contribution in [0.5, 0.6) is 0 Å². The maximum atomic E-state index is 4.85. The minimum absolute atomic E-state index is 0.676. The van der Waals surface area contributed by atoms with E-state index in [0.717, 1.165) is 4.31 Å². The number of fused-ring (bicyclic) bond motifs is 10. The van der Waals surface area contributed by atoms with Gasteiger partial charge in [0.05, 0.1) is 0 Å². The molecule has 10 fully saturated rings. The predicted octanol–water partition coefficient (Wildman–Crippen LogP) is 5.42. The SMILES string of the molecule is C=C(CN(C(C)C)C(C)C)[C]12[CH]3[CH]4[CH]5[CH]1[Fe]45321678[CH]2[CH]1[CH]6[CH]7[CH]28. The molecule has 0 bridgehead atoms. The first kappa shape index (κ1) is 9.50. The predicted molar refractivity (Wildman–Crippen MR) is 82.6 cm³/mol. The summed E-state index contributed by atoms with van der Waals surface area (Å²) in [6.07, 6.45) is 0. The maximum absolute atomic E-state index is 4.85. The Morgan fingerprint density at radius 3 is 1.57 bits per heavy atom. The van der Waals surface area contributed by atoms with Gasteiger partial charge in [-0.05, 0) is 0 Å². The first-order chi connectivity index (χ1) is 9.70. The number of nitrogens with zero attached hydrogens (tertiary/aromatic N) is 1. The van der Waals surface area contributed by atoms with E-state index in [1.807, 2.05) is 0 Å². The Hall–Kier alpha value is 0.219. The molecule has 10 rings (SSSR count). The zero-order valence-corrected chi connectivity index (χ0v) is 14.7. The zero-order valence-electron chi connectivity index (χ0n) is 13.6. The minimum atomic E-state index is -2.92. The monoisotopic (exact) mass is 325 g/mol. The first-order valence-corrected chi connectivity index (χ1v) is 15.6. The van der Waals surface area contributed by atoms with Gasteiger partial charge in [-0.3, -0.25) is 0 Å². The summed E-state index contributed by atoms with van der Waals surface area (Å²) < 4.78 is 0.918. The molecule has 1 nitrogen and oxygen atoms in total. The van der Waals surface area contributed by atoms with Gasteiger partial charge in [0.25, 0.3) is 0 Å². The van der Waals surface area contributed by atoms with Crippen LogP contribution < -0.4 is 0 Å². The summed E-state index contributed by atoms with van der Waals surface area (Å²) in [4.78, 5) is 15.6. The normalized spacial score (nSPS) is 99.5. The van der Waals surface area contributed by atoms with Gasteiger partial charge in [0.1, 0.15) is 0 Å². The van der Waals surface area contributed by atoms with Crippen molar-refractivity contribution in [3.05, 3.63) is 12.2 Å². The molecule has 4 unspecified atom stereocenters. The van der Waals surface area contributed by atoms with E-state index in [-0.39, 0.29) is 0 Å². The van der Waals surface area contributed by atoms with E-state index in [1.54, 1.807) is 5.57 Å². The van der Waals surface area contributed by atoms with E-state index in [9.17, 15) is 0 Å². The number of hydrogen-bond acceptors (Lipinski definition) is 1. The van der Waals surface area contributed by atoms with Gasteiger partial charge in [-0.25, -0.2) is 0 Å². The van der Waals surface area contributed by atoms with Crippen molar-refractivity contribution in [2.75, 3.05) is 6.54 Å². The molecule has 10 saturated heterocycles. The summed E-state index contributed by atoms with van der Waals surface area (Å²) in [5, 5.41) is 0. The summed E-state index contributed by atoms with van der Waals surface area (Å²) in [5.74, 6) is 0. The second-order valence-corrected chi connectivity index (χ2v) is 36.7. The van der Waals surface area contributed by atoms with Crippen LogP contribution in [-0.2, 0) is 6.51 Å². The fourth-order valence-electron chi connectivity index (χ4n) is 18.5. The van der Waals surface area contributed by atoms with Gasteiger partial charge in [0.15, 0.2) is 0 Å². The molecule has 116 valence electrons. The van der Waals surface area contributed by atoms with Crippen molar-refractivity contribution in [3.8, 4) is 0 Å². The molecule has 0 radical (unpaired) electrons. The molecular weight excluding hydrogens is 298 g/mol. The summed E-state index contributed by atoms with van der Waals surface area (Å²) in [6, 6.07) is 1.35. The molecule has 0 aromatic carbocycles. The van der Waals surface area contributed by atoms with E-state index in [0.29, 0.717) is 12.1 Å². The van der Waals surface area contributed by atoms with Gasteiger partial charge in [-0.2, -0.15) is 0 Å². The van der Waals surface area contributed by atoms with Crippen molar-refractivity contribution in [3.63, 3.8) is 0 Å². The Balaban J connectivity index is 1.23. The molecule has 10 aliphatic heterocycles. The molecule has 0 saturated carbocycles. The second kappa shape index (κ2) is 0.898. The van der Waals surface area contributed by atoms with Crippen LogP contribution in [0, 0.1) is 0 Å².